The van der Waals surface area contributed by atoms with Gasteiger partial charge in [-0.1, -0.05) is 90.5 Å². The van der Waals surface area contributed by atoms with Crippen molar-refractivity contribution in [3.05, 3.63) is 132 Å². The number of halogens is 1. The van der Waals surface area contributed by atoms with Crippen molar-refractivity contribution in [2.24, 2.45) is 0 Å². The van der Waals surface area contributed by atoms with Crippen molar-refractivity contribution in [3.8, 4) is 22.3 Å². The first-order valence-corrected chi connectivity index (χ1v) is 12.7. The maximum atomic E-state index is 6.16. The number of benzene rings is 5. The molecule has 0 aliphatic carbocycles. The maximum Gasteiger partial charge on any atom is 0.0406 e. The van der Waals surface area contributed by atoms with Crippen molar-refractivity contribution in [3.63, 3.8) is 0 Å². The smallest absolute Gasteiger partial charge is 0.0406 e. The lowest BCUT2D eigenvalue weighted by Crippen LogP contribution is -2.01. The minimum Gasteiger partial charge on any atom is -0.132 e. The van der Waals surface area contributed by atoms with Gasteiger partial charge >= 0.3 is 0 Å². The maximum absolute atomic E-state index is 6.16. The van der Waals surface area contributed by atoms with Crippen LogP contribution < -0.4 is 0 Å². The summed E-state index contributed by atoms with van der Waals surface area (Å²) in [5.74, 6) is 0. The second-order valence-electron chi connectivity index (χ2n) is 7.95. The molecule has 1 heterocycles. The molecule has 0 nitrogen and oxygen atoms in total. The monoisotopic (exact) mass is 448 g/mol. The highest BCUT2D eigenvalue weighted by atomic mass is 35.5. The Balaban J connectivity index is 1.72. The van der Waals surface area contributed by atoms with E-state index < -0.39 is 10.0 Å². The zero-order chi connectivity index (χ0) is 21.5. The minimum atomic E-state index is -1.60. The van der Waals surface area contributed by atoms with E-state index in [0.29, 0.717) is 0 Å². The zero-order valence-corrected chi connectivity index (χ0v) is 19.0. The van der Waals surface area contributed by atoms with Crippen LogP contribution in [0.25, 0.3) is 22.3 Å². The van der Waals surface area contributed by atoms with Gasteiger partial charge in [0.15, 0.2) is 0 Å². The van der Waals surface area contributed by atoms with E-state index in [9.17, 15) is 0 Å². The summed E-state index contributed by atoms with van der Waals surface area (Å²) in [5.41, 5.74) is 5.08. The van der Waals surface area contributed by atoms with E-state index in [1.807, 2.05) is 12.1 Å². The molecule has 5 aromatic rings. The van der Waals surface area contributed by atoms with Crippen LogP contribution in [0.15, 0.2) is 147 Å². The topological polar surface area (TPSA) is 0 Å². The molecule has 0 aromatic heterocycles. The molecule has 0 saturated heterocycles. The van der Waals surface area contributed by atoms with Crippen LogP contribution in [-0.2, 0) is 0 Å². The fourth-order valence-electron chi connectivity index (χ4n) is 4.79. The second-order valence-corrected chi connectivity index (χ2v) is 11.4. The van der Waals surface area contributed by atoms with Crippen molar-refractivity contribution in [1.82, 2.24) is 0 Å². The lowest BCUT2D eigenvalue weighted by molar-refractivity contribution is 1.29. The Morgan fingerprint density at radius 1 is 0.438 bits per heavy atom. The van der Waals surface area contributed by atoms with E-state index in [4.69, 9.17) is 11.6 Å². The predicted octanol–water partition coefficient (Wildman–Crippen LogP) is 9.33. The van der Waals surface area contributed by atoms with Crippen LogP contribution in [-0.4, -0.2) is 0 Å². The van der Waals surface area contributed by atoms with Gasteiger partial charge in [-0.25, -0.2) is 0 Å². The number of hydrogen-bond acceptors (Lipinski definition) is 0. The molecule has 1 aliphatic heterocycles. The first kappa shape index (κ1) is 19.4. The third-order valence-corrected chi connectivity index (χ3v) is 10.4. The Bertz CT molecular complexity index is 1370. The summed E-state index contributed by atoms with van der Waals surface area (Å²) in [6.45, 7) is 0. The normalized spacial score (nSPS) is 14.4. The molecular weight excluding hydrogens is 428 g/mol. The Hall–Kier alpha value is -3.26. The molecule has 0 bridgehead atoms. The van der Waals surface area contributed by atoms with Crippen LogP contribution in [0.3, 0.4) is 0 Å². The standard InChI is InChI=1S/C30H21ClS/c31-24-18-15-22(16-19-24)23-17-20-28-27-13-7-8-14-29(27)32(30(28)21-23,25-9-3-1-4-10-25)26-11-5-2-6-12-26/h1-21H. The summed E-state index contributed by atoms with van der Waals surface area (Å²) >= 11 is 6.16. The number of rotatable bonds is 3. The van der Waals surface area contributed by atoms with Crippen LogP contribution in [0.2, 0.25) is 5.02 Å². The Kier molecular flexibility index (Phi) is 4.68. The first-order valence-electron chi connectivity index (χ1n) is 10.7. The summed E-state index contributed by atoms with van der Waals surface area (Å²) in [6.07, 6.45) is 0. The van der Waals surface area contributed by atoms with Crippen LogP contribution in [0.4, 0.5) is 0 Å². The van der Waals surface area contributed by atoms with Gasteiger partial charge in [0.05, 0.1) is 0 Å². The SMILES string of the molecule is Clc1ccc(-c2ccc3c(c2)S(c2ccccc2)(c2ccccc2)c2ccccc2-3)cc1. The molecule has 0 unspecified atom stereocenters. The summed E-state index contributed by atoms with van der Waals surface area (Å²) in [5, 5.41) is 0.760. The number of fused-ring (bicyclic) bond motifs is 3. The van der Waals surface area contributed by atoms with E-state index in [2.05, 4.69) is 115 Å². The molecule has 5 aromatic carbocycles. The molecule has 1 aliphatic rings. The highest BCUT2D eigenvalue weighted by Gasteiger charge is 2.41. The van der Waals surface area contributed by atoms with E-state index >= 15 is 0 Å². The Labute approximate surface area is 195 Å². The molecule has 0 atom stereocenters. The third-order valence-electron chi connectivity index (χ3n) is 6.19. The average Bonchev–Trinajstić information content (AvgIpc) is 3.16. The fraction of sp³-hybridized carbons (Fsp3) is 0. The lowest BCUT2D eigenvalue weighted by Gasteiger charge is -2.39. The third kappa shape index (κ3) is 2.86. The highest BCUT2D eigenvalue weighted by molar-refractivity contribution is 8.34. The molecule has 0 spiro atoms. The van der Waals surface area contributed by atoms with E-state index in [1.165, 1.54) is 41.8 Å². The molecule has 6 rings (SSSR count). The first-order chi connectivity index (χ1) is 15.8. The average molecular weight is 449 g/mol. The molecule has 32 heavy (non-hydrogen) atoms. The van der Waals surface area contributed by atoms with Crippen LogP contribution >= 0.6 is 21.6 Å². The summed E-state index contributed by atoms with van der Waals surface area (Å²) in [6, 6.07) is 46.1. The molecule has 0 amide bonds. The van der Waals surface area contributed by atoms with Crippen LogP contribution in [0.5, 0.6) is 0 Å². The van der Waals surface area contributed by atoms with E-state index in [1.54, 1.807) is 0 Å². The van der Waals surface area contributed by atoms with Crippen molar-refractivity contribution < 1.29 is 0 Å². The molecule has 0 N–H and O–H groups in total. The molecular formula is C30H21ClS. The molecule has 0 radical (unpaired) electrons. The van der Waals surface area contributed by atoms with Crippen molar-refractivity contribution in [2.75, 3.05) is 0 Å². The van der Waals surface area contributed by atoms with Crippen molar-refractivity contribution in [2.45, 2.75) is 19.6 Å². The van der Waals surface area contributed by atoms with Crippen LogP contribution in [0, 0.1) is 0 Å². The van der Waals surface area contributed by atoms with Gasteiger partial charge < -0.3 is 0 Å². The largest absolute Gasteiger partial charge is 0.132 e. The van der Waals surface area contributed by atoms with Crippen molar-refractivity contribution in [1.29, 1.82) is 0 Å². The van der Waals surface area contributed by atoms with Gasteiger partial charge in [0, 0.05) is 24.6 Å². The summed E-state index contributed by atoms with van der Waals surface area (Å²) < 4.78 is 0. The number of hydrogen-bond donors (Lipinski definition) is 0. The lowest BCUT2D eigenvalue weighted by atomic mass is 10.0. The Morgan fingerprint density at radius 2 is 0.969 bits per heavy atom. The van der Waals surface area contributed by atoms with Gasteiger partial charge in [0.2, 0.25) is 0 Å². The minimum absolute atomic E-state index is 0.760. The molecule has 0 saturated carbocycles. The van der Waals surface area contributed by atoms with Gasteiger partial charge in [-0.15, -0.1) is 10.0 Å². The summed E-state index contributed by atoms with van der Waals surface area (Å²) in [4.78, 5) is 5.56. The zero-order valence-electron chi connectivity index (χ0n) is 17.4. The van der Waals surface area contributed by atoms with Gasteiger partial charge in [0.25, 0.3) is 0 Å². The van der Waals surface area contributed by atoms with E-state index in [-0.39, 0.29) is 0 Å². The molecule has 0 fully saturated rings. The summed E-state index contributed by atoms with van der Waals surface area (Å²) in [7, 11) is -1.60. The van der Waals surface area contributed by atoms with Gasteiger partial charge in [-0.05, 0) is 70.8 Å². The Morgan fingerprint density at radius 3 is 1.62 bits per heavy atom. The van der Waals surface area contributed by atoms with Gasteiger partial charge in [-0.2, -0.15) is 0 Å². The van der Waals surface area contributed by atoms with Crippen molar-refractivity contribution >= 4 is 21.6 Å². The second kappa shape index (κ2) is 7.70. The fourth-order valence-corrected chi connectivity index (χ4v) is 9.17. The predicted molar refractivity (Wildman–Crippen MR) is 136 cm³/mol. The van der Waals surface area contributed by atoms with Crippen LogP contribution in [0.1, 0.15) is 0 Å². The molecule has 2 heteroatoms. The van der Waals surface area contributed by atoms with E-state index in [0.717, 1.165) is 5.02 Å². The quantitative estimate of drug-likeness (QED) is 0.253. The highest BCUT2D eigenvalue weighted by Crippen LogP contribution is 2.80. The van der Waals surface area contributed by atoms with Gasteiger partial charge in [-0.3, -0.25) is 0 Å². The molecule has 154 valence electrons. The van der Waals surface area contributed by atoms with Gasteiger partial charge in [0.1, 0.15) is 0 Å².